The van der Waals surface area contributed by atoms with E-state index in [2.05, 4.69) is 223 Å². The first-order valence-electron chi connectivity index (χ1n) is 30.6. The number of ether oxygens (including phenoxy) is 1. The Labute approximate surface area is 481 Å². The topological polar surface area (TPSA) is 31.8 Å². The molecular formula is C74H70N4OSi. The van der Waals surface area contributed by atoms with E-state index in [1.165, 1.54) is 59.7 Å². The first-order chi connectivity index (χ1) is 40.6. The van der Waals surface area contributed by atoms with Gasteiger partial charge in [-0.3, -0.25) is 4.90 Å². The third kappa shape index (κ3) is 8.63. The highest BCUT2D eigenvalue weighted by Crippen LogP contribution is 2.51. The number of rotatable bonds is 9. The van der Waals surface area contributed by atoms with Crippen molar-refractivity contribution in [2.75, 3.05) is 21.4 Å². The Bertz CT molecular complexity index is 4260. The highest BCUT2D eigenvalue weighted by Gasteiger charge is 2.54. The lowest BCUT2D eigenvalue weighted by atomic mass is 9.78. The molecule has 0 saturated heterocycles. The highest BCUT2D eigenvalue weighted by molar-refractivity contribution is 7.23. The summed E-state index contributed by atoms with van der Waals surface area (Å²) in [6.45, 7) is 22.6. The largest absolute Gasteiger partial charge is 0.457 e. The molecule has 3 aliphatic rings. The molecule has 10 aromatic rings. The van der Waals surface area contributed by atoms with Gasteiger partial charge in [0.2, 0.25) is 0 Å². The molecule has 9 aromatic carbocycles. The van der Waals surface area contributed by atoms with E-state index < -0.39 is 14.1 Å². The van der Waals surface area contributed by atoms with Crippen molar-refractivity contribution in [1.29, 1.82) is 0 Å². The molecule has 0 saturated carbocycles. The fourth-order valence-corrected chi connectivity index (χ4v) is 18.1. The van der Waals surface area contributed by atoms with Crippen LogP contribution in [0.3, 0.4) is 0 Å². The lowest BCUT2D eigenvalue weighted by Crippen LogP contribution is -2.75. The van der Waals surface area contributed by atoms with Gasteiger partial charge in [-0.25, -0.2) is 4.98 Å². The summed E-state index contributed by atoms with van der Waals surface area (Å²) in [6.07, 6.45) is 2.89. The van der Waals surface area contributed by atoms with Crippen LogP contribution in [0.1, 0.15) is 90.1 Å². The van der Waals surface area contributed by atoms with E-state index in [-0.39, 0.29) is 40.6 Å². The maximum Gasteiger partial charge on any atom is 0.185 e. The molecule has 396 valence electrons. The van der Waals surface area contributed by atoms with Gasteiger partial charge in [0, 0.05) is 40.8 Å². The Morgan fingerprint density at radius 3 is 1.77 bits per heavy atom. The van der Waals surface area contributed by atoms with Crippen molar-refractivity contribution >= 4 is 68.8 Å². The van der Waals surface area contributed by atoms with Crippen LogP contribution in [0.2, 0.25) is 0 Å². The lowest BCUT2D eigenvalue weighted by molar-refractivity contribution is 0.483. The summed E-state index contributed by atoms with van der Waals surface area (Å²) in [5, 5.41) is 5.41. The van der Waals surface area contributed by atoms with Crippen molar-refractivity contribution in [2.24, 2.45) is 5.92 Å². The van der Waals surface area contributed by atoms with E-state index >= 15 is 0 Å². The first-order valence-corrected chi connectivity index (χ1v) is 30.1. The molecule has 5 nitrogen and oxygen atoms in total. The van der Waals surface area contributed by atoms with Gasteiger partial charge >= 0.3 is 0 Å². The zero-order valence-electron chi connectivity index (χ0n) is 52.5. The van der Waals surface area contributed by atoms with Crippen LogP contribution in [-0.4, -0.2) is 19.7 Å². The van der Waals surface area contributed by atoms with E-state index in [0.717, 1.165) is 57.5 Å². The number of fused-ring (bicyclic) bond motifs is 10. The summed E-state index contributed by atoms with van der Waals surface area (Å²) in [7, 11) is -2.95. The van der Waals surface area contributed by atoms with Gasteiger partial charge < -0.3 is 14.5 Å². The van der Waals surface area contributed by atoms with Gasteiger partial charge in [-0.15, -0.1) is 0 Å². The van der Waals surface area contributed by atoms with Crippen LogP contribution in [-0.2, 0) is 17.3 Å². The van der Waals surface area contributed by atoms with Crippen molar-refractivity contribution < 1.29 is 11.6 Å². The summed E-state index contributed by atoms with van der Waals surface area (Å²) in [4.78, 5) is 12.0. The van der Waals surface area contributed by atoms with Crippen molar-refractivity contribution in [3.8, 4) is 44.9 Å². The van der Waals surface area contributed by atoms with Crippen molar-refractivity contribution in [1.82, 2.24) is 4.98 Å². The maximum atomic E-state index is 9.35. The van der Waals surface area contributed by atoms with Crippen LogP contribution in [0.4, 0.5) is 39.9 Å². The van der Waals surface area contributed by atoms with Gasteiger partial charge in [0.25, 0.3) is 0 Å². The van der Waals surface area contributed by atoms with Gasteiger partial charge in [0.1, 0.15) is 24.0 Å². The lowest BCUT2D eigenvalue weighted by Gasteiger charge is -2.43. The third-order valence-corrected chi connectivity index (χ3v) is 21.4. The summed E-state index contributed by atoms with van der Waals surface area (Å²) < 4.78 is 52.1. The summed E-state index contributed by atoms with van der Waals surface area (Å²) in [5.74, 6) is 2.70. The Hall–Kier alpha value is -8.45. The van der Waals surface area contributed by atoms with E-state index in [1.54, 1.807) is 0 Å². The number of pyridine rings is 1. The Kier molecular flexibility index (Phi) is 11.0. The Balaban J connectivity index is 0.950. The third-order valence-electron chi connectivity index (χ3n) is 16.5. The molecule has 0 bridgehead atoms. The van der Waals surface area contributed by atoms with Crippen LogP contribution in [0.5, 0.6) is 11.5 Å². The molecule has 0 amide bonds. The average Bonchev–Trinajstić information content (AvgIpc) is 1.61. The number of para-hydroxylation sites is 4. The summed E-state index contributed by atoms with van der Waals surface area (Å²) >= 11 is 0. The molecule has 0 N–H and O–H groups in total. The van der Waals surface area contributed by atoms with Crippen molar-refractivity contribution in [3.05, 3.63) is 240 Å². The van der Waals surface area contributed by atoms with E-state index in [9.17, 15) is 2.74 Å². The molecule has 0 aliphatic carbocycles. The predicted molar refractivity (Wildman–Crippen MR) is 340 cm³/mol. The number of anilines is 7. The zero-order chi connectivity index (χ0) is 59.6. The normalized spacial score (nSPS) is 14.9. The molecule has 3 aliphatic heterocycles. The molecule has 13 rings (SSSR count). The second-order valence-corrected chi connectivity index (χ2v) is 28.2. The molecule has 1 spiro atoms. The standard InChI is InChI=1S/C74H70N4OSi/c1-48(2)38-51-36-37-75-71(41-51)78-65-28-16-17-29-69(65)80(67-33-30-49(3)39-61(67)62-40-50(4)31-34-68(62)80)70-35-32-58(46-66(70)78)79-57-23-18-22-56(45-57)76-47-77(64-27-15-14-26-63(64)76)72-59(52-20-12-11-13-21-52)24-19-25-60(72)53-42-54(73(5,6)7)44-55(43-53)74(8,9)10/h11-37,39-46,48H,38,47H2,1-10H3/i11D,12D,13D,20D,21D. The average molecular weight is 1060 g/mol. The fourth-order valence-electron chi connectivity index (χ4n) is 12.7. The number of nitrogens with zero attached hydrogens (tertiary/aromatic N) is 4. The van der Waals surface area contributed by atoms with Gasteiger partial charge in [-0.1, -0.05) is 212 Å². The Morgan fingerprint density at radius 2 is 1.11 bits per heavy atom. The molecule has 80 heavy (non-hydrogen) atoms. The van der Waals surface area contributed by atoms with E-state index in [1.807, 2.05) is 42.6 Å². The molecule has 0 radical (unpaired) electrons. The molecule has 4 heterocycles. The van der Waals surface area contributed by atoms with Crippen LogP contribution >= 0.6 is 0 Å². The minimum atomic E-state index is -2.95. The maximum absolute atomic E-state index is 9.35. The molecule has 0 unspecified atom stereocenters. The van der Waals surface area contributed by atoms with E-state index in [4.69, 9.17) is 13.8 Å². The smallest absolute Gasteiger partial charge is 0.185 e. The predicted octanol–water partition coefficient (Wildman–Crippen LogP) is 17.0. The van der Waals surface area contributed by atoms with Crippen LogP contribution in [0, 0.1) is 19.8 Å². The number of hydrogen-bond acceptors (Lipinski definition) is 5. The number of aromatic nitrogens is 1. The summed E-state index contributed by atoms with van der Waals surface area (Å²) in [6, 6.07) is 61.9. The fraction of sp³-hybridized carbons (Fsp3) is 0.203. The summed E-state index contributed by atoms with van der Waals surface area (Å²) in [5.41, 5.74) is 16.6. The van der Waals surface area contributed by atoms with Crippen LogP contribution in [0.15, 0.2) is 212 Å². The Morgan fingerprint density at radius 1 is 0.525 bits per heavy atom. The number of hydrogen-bond donors (Lipinski definition) is 0. The number of aryl methyl sites for hydroxylation is 2. The van der Waals surface area contributed by atoms with Crippen LogP contribution in [0.25, 0.3) is 33.4 Å². The minimum Gasteiger partial charge on any atom is -0.457 e. The highest BCUT2D eigenvalue weighted by atomic mass is 28.3. The molecular weight excluding hydrogens is 989 g/mol. The molecule has 0 fully saturated rings. The molecule has 1 aromatic heterocycles. The first kappa shape index (κ1) is 45.4. The zero-order valence-corrected chi connectivity index (χ0v) is 48.5. The quantitative estimate of drug-likeness (QED) is 0.135. The minimum absolute atomic E-state index is 0.156. The van der Waals surface area contributed by atoms with Gasteiger partial charge in [-0.2, -0.15) is 0 Å². The van der Waals surface area contributed by atoms with Crippen molar-refractivity contribution in [3.63, 3.8) is 0 Å². The van der Waals surface area contributed by atoms with Gasteiger partial charge in [0.15, 0.2) is 8.07 Å². The van der Waals surface area contributed by atoms with Gasteiger partial charge in [-0.05, 0) is 145 Å². The molecule has 0 atom stereocenters. The number of benzene rings is 9. The monoisotopic (exact) mass is 1060 g/mol. The SMILES string of the molecule is [2H]c1c([2H])c([2H])c(-c2cccc(-c3cc(C(C)(C)C)cc(C(C)(C)C)c3)c2N2CN(c3cccc(Oc4ccc5c(c4)N(c4cc(CC(C)C)ccn4)c4ccccc4[Si]54c5ccc(C)cc5-c5cc(C)ccc54)c3)c3ccccc32)c([2H])c1[2H]. The molecule has 6 heteroatoms. The van der Waals surface area contributed by atoms with Gasteiger partial charge in [0.05, 0.1) is 29.6 Å². The van der Waals surface area contributed by atoms with Crippen molar-refractivity contribution in [2.45, 2.75) is 86.5 Å². The second-order valence-electron chi connectivity index (χ2n) is 24.6. The van der Waals surface area contributed by atoms with E-state index in [0.29, 0.717) is 29.6 Å². The second kappa shape index (κ2) is 19.4. The van der Waals surface area contributed by atoms with Crippen LogP contribution < -0.4 is 40.2 Å².